The molecule has 0 aromatic carbocycles. The first kappa shape index (κ1) is 11.1. The Morgan fingerprint density at radius 1 is 1.65 bits per heavy atom. The molecule has 0 saturated carbocycles. The van der Waals surface area contributed by atoms with Crippen LogP contribution < -0.4 is 11.1 Å². The van der Waals surface area contributed by atoms with E-state index in [1.807, 2.05) is 0 Å². The Morgan fingerprint density at radius 3 is 3.06 bits per heavy atom. The van der Waals surface area contributed by atoms with Crippen molar-refractivity contribution in [1.82, 2.24) is 25.2 Å². The number of nitrogens with zero attached hydrogens (tertiary/aromatic N) is 4. The fourth-order valence-corrected chi connectivity index (χ4v) is 1.26. The van der Waals surface area contributed by atoms with E-state index in [1.165, 1.54) is 4.68 Å². The molecule has 2 rings (SSSR count). The average Bonchev–Trinajstić information content (AvgIpc) is 2.85. The number of anilines is 1. The van der Waals surface area contributed by atoms with Crippen molar-refractivity contribution in [1.29, 1.82) is 0 Å². The number of nitrogens with two attached hydrogens (primary N) is 1. The van der Waals surface area contributed by atoms with Gasteiger partial charge in [0.2, 0.25) is 11.8 Å². The Balaban J connectivity index is 1.82. The minimum absolute atomic E-state index is 0.105. The number of hydrogen-bond donors (Lipinski definition) is 2. The number of amides is 1. The summed E-state index contributed by atoms with van der Waals surface area (Å²) >= 11 is 0. The molecule has 0 saturated heterocycles. The molecule has 0 radical (unpaired) electrons. The zero-order valence-corrected chi connectivity index (χ0v) is 9.25. The van der Waals surface area contributed by atoms with E-state index in [0.29, 0.717) is 17.5 Å². The Bertz CT molecular complexity index is 517. The van der Waals surface area contributed by atoms with Crippen LogP contribution in [0.3, 0.4) is 0 Å². The first-order valence-electron chi connectivity index (χ1n) is 4.98. The van der Waals surface area contributed by atoms with Gasteiger partial charge in [0.1, 0.15) is 12.4 Å². The fourth-order valence-electron chi connectivity index (χ4n) is 1.26. The van der Waals surface area contributed by atoms with Crippen molar-refractivity contribution in [3.63, 3.8) is 0 Å². The molecule has 17 heavy (non-hydrogen) atoms. The van der Waals surface area contributed by atoms with Gasteiger partial charge in [0.05, 0.1) is 6.54 Å². The fraction of sp³-hybridized carbons (Fsp3) is 0.333. The Kier molecular flexibility index (Phi) is 3.03. The molecule has 0 spiro atoms. The highest BCUT2D eigenvalue weighted by Crippen LogP contribution is 1.96. The van der Waals surface area contributed by atoms with Crippen LogP contribution in [0, 0.1) is 6.92 Å². The number of rotatable bonds is 4. The Morgan fingerprint density at radius 2 is 2.47 bits per heavy atom. The van der Waals surface area contributed by atoms with Crippen molar-refractivity contribution >= 4 is 11.7 Å². The summed E-state index contributed by atoms with van der Waals surface area (Å²) in [4.78, 5) is 15.5. The summed E-state index contributed by atoms with van der Waals surface area (Å²) < 4.78 is 6.22. The summed E-state index contributed by atoms with van der Waals surface area (Å²) in [5.74, 6) is 1.09. The van der Waals surface area contributed by atoms with E-state index in [-0.39, 0.29) is 19.0 Å². The number of hydrogen-bond acceptors (Lipinski definition) is 6. The van der Waals surface area contributed by atoms with E-state index in [0.717, 1.165) is 0 Å². The van der Waals surface area contributed by atoms with Crippen LogP contribution in [0.25, 0.3) is 0 Å². The van der Waals surface area contributed by atoms with E-state index in [1.54, 1.807) is 19.2 Å². The van der Waals surface area contributed by atoms with E-state index in [9.17, 15) is 4.79 Å². The molecule has 0 aliphatic rings. The normalized spacial score (nSPS) is 10.4. The van der Waals surface area contributed by atoms with E-state index < -0.39 is 0 Å². The van der Waals surface area contributed by atoms with Gasteiger partial charge in [0.15, 0.2) is 5.82 Å². The van der Waals surface area contributed by atoms with Gasteiger partial charge in [0, 0.05) is 13.1 Å². The van der Waals surface area contributed by atoms with Crippen LogP contribution in [0.5, 0.6) is 0 Å². The van der Waals surface area contributed by atoms with Gasteiger partial charge in [-0.05, 0) is 6.07 Å². The van der Waals surface area contributed by atoms with Crippen LogP contribution in [0.15, 0.2) is 16.8 Å². The highest BCUT2D eigenvalue weighted by Gasteiger charge is 2.06. The lowest BCUT2D eigenvalue weighted by Crippen LogP contribution is -2.27. The van der Waals surface area contributed by atoms with Gasteiger partial charge < -0.3 is 15.6 Å². The van der Waals surface area contributed by atoms with Crippen molar-refractivity contribution in [3.05, 3.63) is 24.0 Å². The Hall–Kier alpha value is -2.38. The molecule has 2 aromatic heterocycles. The standard InChI is InChI=1S/C9H12N6O2/c1-6-12-8(14-17-6)4-11-9(16)5-15-3-2-7(10)13-15/h2-3H,4-5H2,1H3,(H2,10,13)(H,11,16). The third-order valence-corrected chi connectivity index (χ3v) is 1.98. The molecule has 0 atom stereocenters. The lowest BCUT2D eigenvalue weighted by atomic mass is 10.5. The minimum Gasteiger partial charge on any atom is -0.382 e. The molecule has 2 heterocycles. The average molecular weight is 236 g/mol. The summed E-state index contributed by atoms with van der Waals surface area (Å²) in [5, 5.41) is 10.2. The number of carbonyl (C=O) groups is 1. The largest absolute Gasteiger partial charge is 0.382 e. The van der Waals surface area contributed by atoms with Crippen LogP contribution in [0.1, 0.15) is 11.7 Å². The van der Waals surface area contributed by atoms with Gasteiger partial charge in [0.25, 0.3) is 0 Å². The van der Waals surface area contributed by atoms with Crippen LogP contribution in [0.2, 0.25) is 0 Å². The first-order valence-corrected chi connectivity index (χ1v) is 4.98. The molecule has 2 aromatic rings. The monoisotopic (exact) mass is 236 g/mol. The summed E-state index contributed by atoms with van der Waals surface area (Å²) in [6.45, 7) is 2.02. The molecule has 1 amide bonds. The predicted octanol–water partition coefficient (Wildman–Crippen LogP) is -0.527. The van der Waals surface area contributed by atoms with Crippen LogP contribution in [-0.4, -0.2) is 25.8 Å². The lowest BCUT2D eigenvalue weighted by Gasteiger charge is -2.02. The van der Waals surface area contributed by atoms with Crippen molar-refractivity contribution in [2.75, 3.05) is 5.73 Å². The van der Waals surface area contributed by atoms with Crippen molar-refractivity contribution < 1.29 is 9.32 Å². The number of nitrogens with one attached hydrogen (secondary N) is 1. The van der Waals surface area contributed by atoms with Crippen molar-refractivity contribution in [2.24, 2.45) is 0 Å². The summed E-state index contributed by atoms with van der Waals surface area (Å²) in [7, 11) is 0. The zero-order chi connectivity index (χ0) is 12.3. The van der Waals surface area contributed by atoms with Crippen molar-refractivity contribution in [3.8, 4) is 0 Å². The SMILES string of the molecule is Cc1nc(CNC(=O)Cn2ccc(N)n2)no1. The molecule has 8 nitrogen and oxygen atoms in total. The highest BCUT2D eigenvalue weighted by atomic mass is 16.5. The van der Waals surface area contributed by atoms with Gasteiger partial charge >= 0.3 is 0 Å². The highest BCUT2D eigenvalue weighted by molar-refractivity contribution is 5.75. The van der Waals surface area contributed by atoms with Crippen LogP contribution in [0.4, 0.5) is 5.82 Å². The number of aromatic nitrogens is 4. The smallest absolute Gasteiger partial charge is 0.242 e. The second kappa shape index (κ2) is 4.64. The van der Waals surface area contributed by atoms with Gasteiger partial charge in [-0.2, -0.15) is 10.1 Å². The van der Waals surface area contributed by atoms with Gasteiger partial charge in [-0.1, -0.05) is 5.16 Å². The first-order chi connectivity index (χ1) is 8.13. The molecular formula is C9H12N6O2. The molecule has 0 fully saturated rings. The second-order valence-corrected chi connectivity index (χ2v) is 3.44. The van der Waals surface area contributed by atoms with Crippen LogP contribution in [-0.2, 0) is 17.9 Å². The van der Waals surface area contributed by atoms with Gasteiger partial charge in [-0.15, -0.1) is 0 Å². The minimum atomic E-state index is -0.199. The van der Waals surface area contributed by atoms with E-state index in [4.69, 9.17) is 10.3 Å². The molecule has 0 aliphatic carbocycles. The number of carbonyl (C=O) groups excluding carboxylic acids is 1. The summed E-state index contributed by atoms with van der Waals surface area (Å²) in [6.07, 6.45) is 1.63. The second-order valence-electron chi connectivity index (χ2n) is 3.44. The quantitative estimate of drug-likeness (QED) is 0.738. The molecule has 0 aliphatic heterocycles. The Labute approximate surface area is 96.8 Å². The molecule has 0 unspecified atom stereocenters. The third kappa shape index (κ3) is 3.03. The van der Waals surface area contributed by atoms with Crippen molar-refractivity contribution in [2.45, 2.75) is 20.0 Å². The van der Waals surface area contributed by atoms with Gasteiger partial charge in [-0.25, -0.2) is 0 Å². The van der Waals surface area contributed by atoms with Crippen LogP contribution >= 0.6 is 0 Å². The van der Waals surface area contributed by atoms with E-state index >= 15 is 0 Å². The van der Waals surface area contributed by atoms with Gasteiger partial charge in [-0.3, -0.25) is 9.48 Å². The number of nitrogen functional groups attached to an aromatic ring is 1. The predicted molar refractivity (Wildman–Crippen MR) is 57.5 cm³/mol. The topological polar surface area (TPSA) is 112 Å². The number of aryl methyl sites for hydroxylation is 1. The summed E-state index contributed by atoms with van der Waals surface area (Å²) in [6, 6.07) is 1.62. The molecule has 0 bridgehead atoms. The third-order valence-electron chi connectivity index (χ3n) is 1.98. The zero-order valence-electron chi connectivity index (χ0n) is 9.25. The molecule has 90 valence electrons. The molecule has 3 N–H and O–H groups in total. The molecular weight excluding hydrogens is 224 g/mol. The summed E-state index contributed by atoms with van der Waals surface area (Å²) in [5.41, 5.74) is 5.43. The maximum atomic E-state index is 11.5. The maximum absolute atomic E-state index is 11.5. The lowest BCUT2D eigenvalue weighted by molar-refractivity contribution is -0.122. The van der Waals surface area contributed by atoms with E-state index in [2.05, 4.69) is 20.6 Å². The maximum Gasteiger partial charge on any atom is 0.242 e. The molecule has 8 heteroatoms.